The van der Waals surface area contributed by atoms with Gasteiger partial charge in [0.25, 0.3) is 0 Å². The van der Waals surface area contributed by atoms with Crippen molar-refractivity contribution in [2.24, 2.45) is 0 Å². The Morgan fingerprint density at radius 3 is 2.77 bits per heavy atom. The van der Waals surface area contributed by atoms with Crippen molar-refractivity contribution < 1.29 is 27.3 Å². The first kappa shape index (κ1) is 23.3. The molecule has 0 radical (unpaired) electrons. The number of aromatic amines is 1. The van der Waals surface area contributed by atoms with Gasteiger partial charge in [0.15, 0.2) is 17.3 Å². The van der Waals surface area contributed by atoms with Crippen molar-refractivity contribution in [1.29, 1.82) is 0 Å². The number of nitrogens with zero attached hydrogens (tertiary/aromatic N) is 1. The molecule has 35 heavy (non-hydrogen) atoms. The van der Waals surface area contributed by atoms with E-state index in [4.69, 9.17) is 21.1 Å². The second-order valence-electron chi connectivity index (χ2n) is 7.77. The van der Waals surface area contributed by atoms with Gasteiger partial charge in [-0.15, -0.1) is 0 Å². The highest BCUT2D eigenvalue weighted by Gasteiger charge is 2.25. The predicted molar refractivity (Wildman–Crippen MR) is 129 cm³/mol. The molecule has 0 saturated carbocycles. The van der Waals surface area contributed by atoms with E-state index in [9.17, 15) is 13.4 Å². The Morgan fingerprint density at radius 1 is 1.23 bits per heavy atom. The third kappa shape index (κ3) is 4.23. The lowest BCUT2D eigenvalue weighted by Gasteiger charge is -2.11. The Morgan fingerprint density at radius 2 is 2.00 bits per heavy atom. The first-order valence-electron chi connectivity index (χ1n) is 10.6. The van der Waals surface area contributed by atoms with Crippen molar-refractivity contribution in [1.82, 2.24) is 9.97 Å². The second kappa shape index (κ2) is 9.27. The monoisotopic (exact) mass is 517 g/mol. The fourth-order valence-corrected chi connectivity index (χ4v) is 4.95. The summed E-state index contributed by atoms with van der Waals surface area (Å²) in [5.74, 6) is -1.71. The SMILES string of the molecule is CCCS(=O)Nc1ccc(F)c(C(=O)c2c[nH]c3ncc(-c4cc5c(cc4Cl)OCO5)cc23)c1F. The minimum Gasteiger partial charge on any atom is -0.454 e. The van der Waals surface area contributed by atoms with Crippen LogP contribution < -0.4 is 14.2 Å². The number of benzene rings is 2. The van der Waals surface area contributed by atoms with Gasteiger partial charge in [0, 0.05) is 46.3 Å². The Balaban J connectivity index is 1.56. The third-order valence-electron chi connectivity index (χ3n) is 5.48. The van der Waals surface area contributed by atoms with Crippen LogP contribution in [-0.2, 0) is 11.0 Å². The molecular weight excluding hydrogens is 500 g/mol. The number of carbonyl (C=O) groups excluding carboxylic acids is 1. The highest BCUT2D eigenvalue weighted by molar-refractivity contribution is 7.86. The van der Waals surface area contributed by atoms with Crippen LogP contribution in [0, 0.1) is 11.6 Å². The molecule has 2 aromatic heterocycles. The third-order valence-corrected chi connectivity index (χ3v) is 7.02. The molecule has 0 fully saturated rings. The lowest BCUT2D eigenvalue weighted by Crippen LogP contribution is -2.13. The summed E-state index contributed by atoms with van der Waals surface area (Å²) in [6.45, 7) is 1.91. The van der Waals surface area contributed by atoms with Crippen LogP contribution in [-0.4, -0.2) is 32.5 Å². The van der Waals surface area contributed by atoms with Gasteiger partial charge in [0.2, 0.25) is 12.6 Å². The number of ether oxygens (including phenoxy) is 2. The van der Waals surface area contributed by atoms with E-state index in [2.05, 4.69) is 14.7 Å². The van der Waals surface area contributed by atoms with E-state index in [1.807, 2.05) is 6.92 Å². The number of hydrogen-bond donors (Lipinski definition) is 2. The summed E-state index contributed by atoms with van der Waals surface area (Å²) in [6.07, 6.45) is 3.51. The van der Waals surface area contributed by atoms with Crippen molar-refractivity contribution in [2.75, 3.05) is 17.3 Å². The van der Waals surface area contributed by atoms with Gasteiger partial charge in [-0.25, -0.2) is 18.0 Å². The van der Waals surface area contributed by atoms with E-state index >= 15 is 4.39 Å². The summed E-state index contributed by atoms with van der Waals surface area (Å²) >= 11 is 6.42. The summed E-state index contributed by atoms with van der Waals surface area (Å²) in [5, 5.41) is 0.739. The van der Waals surface area contributed by atoms with Gasteiger partial charge < -0.3 is 19.2 Å². The Labute approximate surface area is 206 Å². The van der Waals surface area contributed by atoms with E-state index in [1.165, 1.54) is 6.20 Å². The summed E-state index contributed by atoms with van der Waals surface area (Å²) in [5.41, 5.74) is 0.569. The first-order valence-corrected chi connectivity index (χ1v) is 12.3. The van der Waals surface area contributed by atoms with Crippen molar-refractivity contribution in [3.8, 4) is 22.6 Å². The molecule has 1 aliphatic rings. The van der Waals surface area contributed by atoms with Crippen LogP contribution in [0.3, 0.4) is 0 Å². The fourth-order valence-electron chi connectivity index (χ4n) is 3.81. The highest BCUT2D eigenvalue weighted by atomic mass is 35.5. The van der Waals surface area contributed by atoms with Gasteiger partial charge in [0.05, 0.1) is 16.3 Å². The molecule has 11 heteroatoms. The van der Waals surface area contributed by atoms with Crippen LogP contribution in [0.25, 0.3) is 22.2 Å². The molecule has 3 heterocycles. The summed E-state index contributed by atoms with van der Waals surface area (Å²) < 4.78 is 55.1. The number of halogens is 3. The molecule has 4 aromatic rings. The largest absolute Gasteiger partial charge is 0.454 e. The molecule has 5 rings (SSSR count). The van der Waals surface area contributed by atoms with Crippen LogP contribution in [0.4, 0.5) is 14.5 Å². The van der Waals surface area contributed by atoms with Crippen LogP contribution >= 0.6 is 11.6 Å². The van der Waals surface area contributed by atoms with Gasteiger partial charge in [-0.3, -0.25) is 4.79 Å². The molecule has 2 aromatic carbocycles. The summed E-state index contributed by atoms with van der Waals surface area (Å²) in [4.78, 5) is 20.5. The Hall–Kier alpha value is -3.50. The number of H-pyrrole nitrogens is 1. The van der Waals surface area contributed by atoms with Crippen LogP contribution in [0.2, 0.25) is 5.02 Å². The van der Waals surface area contributed by atoms with Crippen molar-refractivity contribution in [3.05, 3.63) is 70.5 Å². The molecule has 1 unspecified atom stereocenters. The van der Waals surface area contributed by atoms with Crippen LogP contribution in [0.1, 0.15) is 29.3 Å². The molecule has 0 aliphatic carbocycles. The molecule has 7 nitrogen and oxygen atoms in total. The van der Waals surface area contributed by atoms with Gasteiger partial charge in [0.1, 0.15) is 22.5 Å². The molecule has 0 spiro atoms. The normalized spacial score (nSPS) is 13.3. The maximum Gasteiger partial charge on any atom is 0.231 e. The number of fused-ring (bicyclic) bond motifs is 2. The van der Waals surface area contributed by atoms with Gasteiger partial charge in [-0.1, -0.05) is 18.5 Å². The van der Waals surface area contributed by atoms with E-state index in [1.54, 1.807) is 24.4 Å². The zero-order chi connectivity index (χ0) is 24.7. The molecule has 0 saturated heterocycles. The molecule has 1 atom stereocenters. The number of rotatable bonds is 7. The highest BCUT2D eigenvalue weighted by Crippen LogP contribution is 2.41. The number of aromatic nitrogens is 2. The molecular formula is C24H18ClF2N3O4S. The standard InChI is InChI=1S/C24H18ClF2N3O4S/c1-2-5-35(32)30-18-4-3-17(26)21(22(18)27)23(31)15-10-29-24-14(15)6-12(9-28-24)13-7-19-20(8-16(13)25)34-11-33-19/h3-4,6-10,30H,2,5,11H2,1H3,(H,28,29). The topological polar surface area (TPSA) is 93.3 Å². The zero-order valence-corrected chi connectivity index (χ0v) is 19.9. The summed E-state index contributed by atoms with van der Waals surface area (Å²) in [7, 11) is -1.57. The molecule has 180 valence electrons. The van der Waals surface area contributed by atoms with Crippen LogP contribution in [0.5, 0.6) is 11.5 Å². The summed E-state index contributed by atoms with van der Waals surface area (Å²) in [6, 6.07) is 7.06. The maximum absolute atomic E-state index is 15.2. The number of carbonyl (C=O) groups is 1. The average molecular weight is 518 g/mol. The van der Waals surface area contributed by atoms with Crippen LogP contribution in [0.15, 0.2) is 42.7 Å². The lowest BCUT2D eigenvalue weighted by atomic mass is 9.99. The number of nitrogens with one attached hydrogen (secondary N) is 2. The Kier molecular flexibility index (Phi) is 6.16. The van der Waals surface area contributed by atoms with Gasteiger partial charge >= 0.3 is 0 Å². The number of pyridine rings is 1. The van der Waals surface area contributed by atoms with E-state index in [0.717, 1.165) is 12.1 Å². The molecule has 1 aliphatic heterocycles. The molecule has 0 bridgehead atoms. The van der Waals surface area contributed by atoms with E-state index < -0.39 is 34.0 Å². The van der Waals surface area contributed by atoms with Gasteiger partial charge in [-0.2, -0.15) is 0 Å². The lowest BCUT2D eigenvalue weighted by molar-refractivity contribution is 0.103. The molecule has 2 N–H and O–H groups in total. The zero-order valence-electron chi connectivity index (χ0n) is 18.3. The van der Waals surface area contributed by atoms with E-state index in [-0.39, 0.29) is 23.8 Å². The van der Waals surface area contributed by atoms with Gasteiger partial charge in [-0.05, 0) is 30.7 Å². The minimum atomic E-state index is -1.57. The van der Waals surface area contributed by atoms with E-state index in [0.29, 0.717) is 45.1 Å². The fraction of sp³-hybridized carbons (Fsp3) is 0.167. The smallest absolute Gasteiger partial charge is 0.231 e. The maximum atomic E-state index is 15.2. The van der Waals surface area contributed by atoms with Crippen molar-refractivity contribution in [2.45, 2.75) is 13.3 Å². The average Bonchev–Trinajstić information content (AvgIpc) is 3.46. The number of anilines is 1. The number of hydrogen-bond acceptors (Lipinski definition) is 5. The second-order valence-corrected chi connectivity index (χ2v) is 9.48. The minimum absolute atomic E-state index is 0.0239. The quantitative estimate of drug-likeness (QED) is 0.311. The predicted octanol–water partition coefficient (Wildman–Crippen LogP) is 5.61. The molecule has 0 amide bonds. The first-order chi connectivity index (χ1) is 16.9. The Bertz CT molecular complexity index is 1510. The number of ketones is 1. The van der Waals surface area contributed by atoms with Crippen molar-refractivity contribution in [3.63, 3.8) is 0 Å². The van der Waals surface area contributed by atoms with Crippen molar-refractivity contribution >= 4 is 45.1 Å².